The molecule has 2 aliphatic rings. The average Bonchev–Trinajstić information content (AvgIpc) is 3.04. The summed E-state index contributed by atoms with van der Waals surface area (Å²) in [6.07, 6.45) is 3.01. The molecule has 0 spiro atoms. The summed E-state index contributed by atoms with van der Waals surface area (Å²) in [7, 11) is 0. The molecule has 24 heavy (non-hydrogen) atoms. The number of aliphatic hydroxyl groups is 1. The van der Waals surface area contributed by atoms with Gasteiger partial charge in [0.25, 0.3) is 0 Å². The van der Waals surface area contributed by atoms with E-state index in [-0.39, 0.29) is 6.10 Å². The van der Waals surface area contributed by atoms with Crippen LogP contribution in [0.15, 0.2) is 35.3 Å². The first-order valence-corrected chi connectivity index (χ1v) is 9.29. The molecule has 1 aromatic rings. The summed E-state index contributed by atoms with van der Waals surface area (Å²) in [4.78, 5) is 9.60. The molecular formula is C19H30N4O. The zero-order valence-electron chi connectivity index (χ0n) is 14.7. The highest BCUT2D eigenvalue weighted by molar-refractivity contribution is 5.80. The maximum Gasteiger partial charge on any atom is 0.194 e. The molecule has 2 N–H and O–H groups in total. The minimum atomic E-state index is -0.161. The van der Waals surface area contributed by atoms with E-state index in [4.69, 9.17) is 4.99 Å². The summed E-state index contributed by atoms with van der Waals surface area (Å²) in [6, 6.07) is 10.6. The predicted octanol–water partition coefficient (Wildman–Crippen LogP) is 1.94. The molecule has 2 atom stereocenters. The number of rotatable bonds is 4. The first-order valence-electron chi connectivity index (χ1n) is 9.29. The van der Waals surface area contributed by atoms with Gasteiger partial charge >= 0.3 is 0 Å². The second-order valence-electron chi connectivity index (χ2n) is 6.76. The van der Waals surface area contributed by atoms with Crippen molar-refractivity contribution < 1.29 is 5.11 Å². The van der Waals surface area contributed by atoms with Crippen molar-refractivity contribution in [1.29, 1.82) is 0 Å². The normalized spacial score (nSPS) is 25.2. The minimum absolute atomic E-state index is 0.161. The van der Waals surface area contributed by atoms with E-state index in [0.29, 0.717) is 5.92 Å². The number of guanidine groups is 1. The molecule has 1 saturated carbocycles. The van der Waals surface area contributed by atoms with Gasteiger partial charge in [-0.3, -0.25) is 4.99 Å². The summed E-state index contributed by atoms with van der Waals surface area (Å²) in [6.45, 7) is 7.72. The van der Waals surface area contributed by atoms with Gasteiger partial charge in [-0.25, -0.2) is 0 Å². The van der Waals surface area contributed by atoms with Gasteiger partial charge in [0.1, 0.15) is 0 Å². The molecule has 0 bridgehead atoms. The Bertz CT molecular complexity index is 525. The van der Waals surface area contributed by atoms with Crippen LogP contribution in [0.4, 0.5) is 5.69 Å². The van der Waals surface area contributed by atoms with Crippen LogP contribution in [0.3, 0.4) is 0 Å². The van der Waals surface area contributed by atoms with Crippen LogP contribution >= 0.6 is 0 Å². The second-order valence-corrected chi connectivity index (χ2v) is 6.76. The van der Waals surface area contributed by atoms with Crippen molar-refractivity contribution in [2.24, 2.45) is 10.9 Å². The molecule has 132 valence electrons. The van der Waals surface area contributed by atoms with Gasteiger partial charge < -0.3 is 20.2 Å². The van der Waals surface area contributed by atoms with Crippen LogP contribution in [0.5, 0.6) is 0 Å². The molecule has 0 radical (unpaired) electrons. The van der Waals surface area contributed by atoms with Gasteiger partial charge in [0.05, 0.1) is 6.10 Å². The number of aliphatic hydroxyl groups excluding tert-OH is 1. The van der Waals surface area contributed by atoms with Gasteiger partial charge in [-0.2, -0.15) is 0 Å². The molecule has 0 aromatic heterocycles. The van der Waals surface area contributed by atoms with Crippen LogP contribution in [0, 0.1) is 5.92 Å². The molecule has 1 aliphatic heterocycles. The van der Waals surface area contributed by atoms with E-state index >= 15 is 0 Å². The molecule has 0 amide bonds. The number of para-hydroxylation sites is 1. The van der Waals surface area contributed by atoms with Crippen molar-refractivity contribution in [3.05, 3.63) is 30.3 Å². The second kappa shape index (κ2) is 8.38. The largest absolute Gasteiger partial charge is 0.393 e. The van der Waals surface area contributed by atoms with Crippen molar-refractivity contribution in [3.63, 3.8) is 0 Å². The Morgan fingerprint density at radius 1 is 1.17 bits per heavy atom. The monoisotopic (exact) mass is 330 g/mol. The summed E-state index contributed by atoms with van der Waals surface area (Å²) in [5.41, 5.74) is 1.30. The Hall–Kier alpha value is -1.75. The molecule has 2 unspecified atom stereocenters. The molecule has 1 heterocycles. The smallest absolute Gasteiger partial charge is 0.194 e. The van der Waals surface area contributed by atoms with Crippen LogP contribution in [0.1, 0.15) is 26.2 Å². The number of hydrogen-bond donors (Lipinski definition) is 2. The van der Waals surface area contributed by atoms with E-state index in [1.165, 1.54) is 5.69 Å². The number of piperazine rings is 1. The summed E-state index contributed by atoms with van der Waals surface area (Å²) >= 11 is 0. The Labute approximate surface area is 145 Å². The van der Waals surface area contributed by atoms with Gasteiger partial charge in [0.2, 0.25) is 0 Å². The van der Waals surface area contributed by atoms with E-state index in [1.54, 1.807) is 0 Å². The summed E-state index contributed by atoms with van der Waals surface area (Å²) < 4.78 is 0. The lowest BCUT2D eigenvalue weighted by molar-refractivity contribution is 0.136. The van der Waals surface area contributed by atoms with Gasteiger partial charge in [-0.05, 0) is 31.9 Å². The minimum Gasteiger partial charge on any atom is -0.393 e. The highest BCUT2D eigenvalue weighted by atomic mass is 16.3. The average molecular weight is 330 g/mol. The standard InChI is InChI=1S/C19H30N4O/c1-2-20-19(21-15-16-7-6-10-18(16)24)23-13-11-22(12-14-23)17-8-4-3-5-9-17/h3-5,8-9,16,18,24H,2,6-7,10-15H2,1H3,(H,20,21). The maximum atomic E-state index is 9.99. The highest BCUT2D eigenvalue weighted by Crippen LogP contribution is 2.25. The van der Waals surface area contributed by atoms with Gasteiger partial charge in [0, 0.05) is 50.9 Å². The molecule has 1 saturated heterocycles. The third-order valence-corrected chi connectivity index (χ3v) is 5.13. The van der Waals surface area contributed by atoms with Crippen LogP contribution in [0.2, 0.25) is 0 Å². The van der Waals surface area contributed by atoms with Crippen molar-refractivity contribution in [1.82, 2.24) is 10.2 Å². The third-order valence-electron chi connectivity index (χ3n) is 5.13. The number of nitrogens with zero attached hydrogens (tertiary/aromatic N) is 3. The Morgan fingerprint density at radius 2 is 1.92 bits per heavy atom. The number of aliphatic imine (C=N–C) groups is 1. The molecule has 2 fully saturated rings. The first kappa shape index (κ1) is 17.1. The molecule has 1 aromatic carbocycles. The summed E-state index contributed by atoms with van der Waals surface area (Å²) in [5, 5.41) is 13.4. The summed E-state index contributed by atoms with van der Waals surface area (Å²) in [5.74, 6) is 1.34. The Morgan fingerprint density at radius 3 is 2.54 bits per heavy atom. The Balaban J connectivity index is 1.57. The zero-order chi connectivity index (χ0) is 16.8. The lowest BCUT2D eigenvalue weighted by Crippen LogP contribution is -2.52. The van der Waals surface area contributed by atoms with Crippen LogP contribution in [-0.2, 0) is 0 Å². The molecular weight excluding hydrogens is 300 g/mol. The van der Waals surface area contributed by atoms with Crippen molar-refractivity contribution in [3.8, 4) is 0 Å². The molecule has 1 aliphatic carbocycles. The first-order chi connectivity index (χ1) is 11.8. The van der Waals surface area contributed by atoms with Crippen molar-refractivity contribution in [2.75, 3.05) is 44.2 Å². The van der Waals surface area contributed by atoms with Gasteiger partial charge in [0.15, 0.2) is 5.96 Å². The highest BCUT2D eigenvalue weighted by Gasteiger charge is 2.25. The fraction of sp³-hybridized carbons (Fsp3) is 0.632. The quantitative estimate of drug-likeness (QED) is 0.654. The zero-order valence-corrected chi connectivity index (χ0v) is 14.7. The van der Waals surface area contributed by atoms with E-state index < -0.39 is 0 Å². The number of benzene rings is 1. The number of hydrogen-bond acceptors (Lipinski definition) is 3. The lowest BCUT2D eigenvalue weighted by atomic mass is 10.1. The van der Waals surface area contributed by atoms with Crippen LogP contribution in [0.25, 0.3) is 0 Å². The van der Waals surface area contributed by atoms with Crippen molar-refractivity contribution >= 4 is 11.6 Å². The topological polar surface area (TPSA) is 51.1 Å². The lowest BCUT2D eigenvalue weighted by Gasteiger charge is -2.37. The maximum absolute atomic E-state index is 9.99. The number of anilines is 1. The fourth-order valence-electron chi connectivity index (χ4n) is 3.68. The van der Waals surface area contributed by atoms with Crippen LogP contribution in [-0.4, -0.2) is 61.3 Å². The van der Waals surface area contributed by atoms with E-state index in [9.17, 15) is 5.11 Å². The molecule has 5 nitrogen and oxygen atoms in total. The van der Waals surface area contributed by atoms with Crippen molar-refractivity contribution in [2.45, 2.75) is 32.3 Å². The molecule has 3 rings (SSSR count). The van der Waals surface area contributed by atoms with Crippen LogP contribution < -0.4 is 10.2 Å². The van der Waals surface area contributed by atoms with E-state index in [1.807, 2.05) is 0 Å². The fourth-order valence-corrected chi connectivity index (χ4v) is 3.68. The van der Waals surface area contributed by atoms with Gasteiger partial charge in [-0.1, -0.05) is 24.6 Å². The number of nitrogens with one attached hydrogen (secondary N) is 1. The predicted molar refractivity (Wildman–Crippen MR) is 99.6 cm³/mol. The van der Waals surface area contributed by atoms with E-state index in [2.05, 4.69) is 52.4 Å². The molecule has 5 heteroatoms. The van der Waals surface area contributed by atoms with E-state index in [0.717, 1.165) is 64.5 Å². The Kier molecular flexibility index (Phi) is 5.96. The SMILES string of the molecule is CCNC(=NCC1CCCC1O)N1CCN(c2ccccc2)CC1. The third kappa shape index (κ3) is 4.20. The van der Waals surface area contributed by atoms with Gasteiger partial charge in [-0.15, -0.1) is 0 Å².